The van der Waals surface area contributed by atoms with E-state index in [2.05, 4.69) is 16.7 Å². The van der Waals surface area contributed by atoms with Crippen molar-refractivity contribution < 1.29 is 0 Å². The maximum absolute atomic E-state index is 12.3. The number of unbranched alkanes of at least 4 members (excludes halogenated alkanes) is 3. The van der Waals surface area contributed by atoms with Gasteiger partial charge in [0.25, 0.3) is 5.56 Å². The van der Waals surface area contributed by atoms with Crippen LogP contribution in [0.2, 0.25) is 5.02 Å². The number of thioether (sulfide) groups is 1. The van der Waals surface area contributed by atoms with Crippen molar-refractivity contribution in [2.75, 3.05) is 23.9 Å². The summed E-state index contributed by atoms with van der Waals surface area (Å²) in [5, 5.41) is 7.75. The number of rotatable bonds is 10. The fourth-order valence-corrected chi connectivity index (χ4v) is 2.93. The monoisotopic (exact) mass is 329 g/mol. The van der Waals surface area contributed by atoms with Crippen molar-refractivity contribution in [2.24, 2.45) is 5.92 Å². The molecular weight excluding hydrogens is 306 g/mol. The Morgan fingerprint density at radius 3 is 2.86 bits per heavy atom. The Labute approximate surface area is 135 Å². The third-order valence-electron chi connectivity index (χ3n) is 3.70. The van der Waals surface area contributed by atoms with Crippen molar-refractivity contribution in [1.29, 1.82) is 0 Å². The van der Waals surface area contributed by atoms with Crippen LogP contribution in [-0.4, -0.2) is 28.3 Å². The van der Waals surface area contributed by atoms with E-state index in [1.54, 1.807) is 10.9 Å². The third kappa shape index (κ3) is 5.55. The Morgan fingerprint density at radius 1 is 1.38 bits per heavy atom. The SMILES string of the molecule is CSCCCCCCNc1c(Cl)cnn(CC2CC2)c1=O. The number of aromatic nitrogens is 2. The van der Waals surface area contributed by atoms with Crippen molar-refractivity contribution in [1.82, 2.24) is 9.78 Å². The summed E-state index contributed by atoms with van der Waals surface area (Å²) in [6.07, 6.45) is 10.9. The van der Waals surface area contributed by atoms with Crippen LogP contribution in [0.25, 0.3) is 0 Å². The Bertz CT molecular complexity index is 502. The van der Waals surface area contributed by atoms with E-state index in [1.165, 1.54) is 37.9 Å². The lowest BCUT2D eigenvalue weighted by atomic mass is 10.2. The van der Waals surface area contributed by atoms with Gasteiger partial charge >= 0.3 is 0 Å². The normalized spacial score (nSPS) is 14.4. The van der Waals surface area contributed by atoms with Crippen LogP contribution >= 0.6 is 23.4 Å². The molecule has 118 valence electrons. The summed E-state index contributed by atoms with van der Waals surface area (Å²) in [5.74, 6) is 1.86. The largest absolute Gasteiger partial charge is 0.379 e. The van der Waals surface area contributed by atoms with Crippen molar-refractivity contribution in [3.63, 3.8) is 0 Å². The van der Waals surface area contributed by atoms with Crippen LogP contribution in [-0.2, 0) is 6.54 Å². The average Bonchev–Trinajstić information content (AvgIpc) is 3.28. The molecule has 1 N–H and O–H groups in total. The molecule has 6 heteroatoms. The molecule has 0 aliphatic heterocycles. The summed E-state index contributed by atoms with van der Waals surface area (Å²) in [6, 6.07) is 0. The summed E-state index contributed by atoms with van der Waals surface area (Å²) in [4.78, 5) is 12.3. The lowest BCUT2D eigenvalue weighted by Crippen LogP contribution is -2.27. The maximum Gasteiger partial charge on any atom is 0.291 e. The zero-order valence-electron chi connectivity index (χ0n) is 12.6. The lowest BCUT2D eigenvalue weighted by Gasteiger charge is -2.10. The Hall–Kier alpha value is -0.680. The minimum atomic E-state index is -0.0863. The van der Waals surface area contributed by atoms with E-state index in [0.717, 1.165) is 19.5 Å². The quantitative estimate of drug-likeness (QED) is 0.666. The van der Waals surface area contributed by atoms with Gasteiger partial charge in [0.15, 0.2) is 0 Å². The number of hydrogen-bond donors (Lipinski definition) is 1. The highest BCUT2D eigenvalue weighted by Gasteiger charge is 2.23. The van der Waals surface area contributed by atoms with Gasteiger partial charge in [0.05, 0.1) is 11.2 Å². The topological polar surface area (TPSA) is 46.9 Å². The van der Waals surface area contributed by atoms with Crippen LogP contribution in [0.4, 0.5) is 5.69 Å². The van der Waals surface area contributed by atoms with E-state index in [0.29, 0.717) is 16.6 Å². The van der Waals surface area contributed by atoms with Crippen molar-refractivity contribution >= 4 is 29.1 Å². The van der Waals surface area contributed by atoms with E-state index in [1.807, 2.05) is 11.8 Å². The fraction of sp³-hybridized carbons (Fsp3) is 0.733. The molecule has 21 heavy (non-hydrogen) atoms. The van der Waals surface area contributed by atoms with Gasteiger partial charge in [0.1, 0.15) is 5.69 Å². The highest BCUT2D eigenvalue weighted by molar-refractivity contribution is 7.98. The summed E-state index contributed by atoms with van der Waals surface area (Å²) in [7, 11) is 0. The van der Waals surface area contributed by atoms with Gasteiger partial charge in [-0.1, -0.05) is 24.4 Å². The molecule has 0 atom stereocenters. The summed E-state index contributed by atoms with van der Waals surface area (Å²) in [6.45, 7) is 1.51. The molecule has 1 saturated carbocycles. The molecule has 0 amide bonds. The molecular formula is C15H24ClN3OS. The molecule has 1 fully saturated rings. The summed E-state index contributed by atoms with van der Waals surface area (Å²) < 4.78 is 1.55. The highest BCUT2D eigenvalue weighted by atomic mass is 35.5. The number of halogens is 1. The van der Waals surface area contributed by atoms with E-state index in [4.69, 9.17) is 11.6 Å². The molecule has 0 saturated heterocycles. The predicted molar refractivity (Wildman–Crippen MR) is 91.6 cm³/mol. The van der Waals surface area contributed by atoms with E-state index in [9.17, 15) is 4.79 Å². The van der Waals surface area contributed by atoms with Crippen LogP contribution in [0.1, 0.15) is 38.5 Å². The lowest BCUT2D eigenvalue weighted by molar-refractivity contribution is 0.534. The Kier molecular flexibility index (Phi) is 6.90. The van der Waals surface area contributed by atoms with Gasteiger partial charge in [-0.2, -0.15) is 16.9 Å². The molecule has 2 rings (SSSR count). The zero-order chi connectivity index (χ0) is 15.1. The Morgan fingerprint density at radius 2 is 2.14 bits per heavy atom. The maximum atomic E-state index is 12.3. The molecule has 0 bridgehead atoms. The molecule has 1 aliphatic carbocycles. The van der Waals surface area contributed by atoms with Gasteiger partial charge < -0.3 is 5.32 Å². The van der Waals surface area contributed by atoms with Gasteiger partial charge in [-0.25, -0.2) is 4.68 Å². The van der Waals surface area contributed by atoms with Crippen LogP contribution in [0.15, 0.2) is 11.0 Å². The minimum absolute atomic E-state index is 0.0863. The molecule has 0 spiro atoms. The van der Waals surface area contributed by atoms with Gasteiger partial charge in [0.2, 0.25) is 0 Å². The van der Waals surface area contributed by atoms with Gasteiger partial charge in [-0.05, 0) is 43.6 Å². The van der Waals surface area contributed by atoms with Gasteiger partial charge in [0, 0.05) is 13.1 Å². The van der Waals surface area contributed by atoms with Crippen LogP contribution in [0, 0.1) is 5.92 Å². The van der Waals surface area contributed by atoms with Crippen molar-refractivity contribution in [3.05, 3.63) is 21.6 Å². The van der Waals surface area contributed by atoms with E-state index >= 15 is 0 Å². The standard InChI is InChI=1S/C15H24ClN3OS/c1-21-9-5-3-2-4-8-17-14-13(16)10-18-19(15(14)20)11-12-6-7-12/h10,12,17H,2-9,11H2,1H3. The molecule has 4 nitrogen and oxygen atoms in total. The average molecular weight is 330 g/mol. The zero-order valence-corrected chi connectivity index (χ0v) is 14.2. The van der Waals surface area contributed by atoms with Gasteiger partial charge in [-0.3, -0.25) is 4.79 Å². The number of nitrogens with one attached hydrogen (secondary N) is 1. The minimum Gasteiger partial charge on any atom is -0.379 e. The number of anilines is 1. The molecule has 1 aromatic rings. The molecule has 1 aliphatic rings. The van der Waals surface area contributed by atoms with Gasteiger partial charge in [-0.15, -0.1) is 0 Å². The van der Waals surface area contributed by atoms with E-state index in [-0.39, 0.29) is 5.56 Å². The second-order valence-corrected chi connectivity index (χ2v) is 7.02. The fourth-order valence-electron chi connectivity index (χ4n) is 2.24. The molecule has 1 heterocycles. The number of hydrogen-bond acceptors (Lipinski definition) is 4. The molecule has 0 unspecified atom stereocenters. The van der Waals surface area contributed by atoms with Crippen molar-refractivity contribution in [2.45, 2.75) is 45.1 Å². The van der Waals surface area contributed by atoms with Crippen LogP contribution < -0.4 is 10.9 Å². The smallest absolute Gasteiger partial charge is 0.291 e. The molecule has 1 aromatic heterocycles. The summed E-state index contributed by atoms with van der Waals surface area (Å²) >= 11 is 7.99. The first-order valence-electron chi connectivity index (χ1n) is 7.71. The second-order valence-electron chi connectivity index (χ2n) is 5.63. The number of nitrogens with zero attached hydrogens (tertiary/aromatic N) is 2. The Balaban J connectivity index is 1.80. The van der Waals surface area contributed by atoms with E-state index < -0.39 is 0 Å². The predicted octanol–water partition coefficient (Wildman–Crippen LogP) is 3.64. The highest BCUT2D eigenvalue weighted by Crippen LogP contribution is 2.30. The first-order chi connectivity index (χ1) is 10.2. The first kappa shape index (κ1) is 16.7. The third-order valence-corrected chi connectivity index (χ3v) is 4.69. The molecule has 0 radical (unpaired) electrons. The first-order valence-corrected chi connectivity index (χ1v) is 9.48. The van der Waals surface area contributed by atoms with Crippen LogP contribution in [0.3, 0.4) is 0 Å². The van der Waals surface area contributed by atoms with Crippen LogP contribution in [0.5, 0.6) is 0 Å². The summed E-state index contributed by atoms with van der Waals surface area (Å²) in [5.41, 5.74) is 0.424. The van der Waals surface area contributed by atoms with Crippen molar-refractivity contribution in [3.8, 4) is 0 Å². The second kappa shape index (κ2) is 8.69. The molecule has 0 aromatic carbocycles.